The predicted molar refractivity (Wildman–Crippen MR) is 144 cm³/mol. The second-order valence-corrected chi connectivity index (χ2v) is 9.65. The van der Waals surface area contributed by atoms with Crippen LogP contribution in [0.25, 0.3) is 21.5 Å². The molecule has 0 radical (unpaired) electrons. The van der Waals surface area contributed by atoms with E-state index < -0.39 is 0 Å². The van der Waals surface area contributed by atoms with Gasteiger partial charge in [-0.3, -0.25) is 0 Å². The summed E-state index contributed by atoms with van der Waals surface area (Å²) < 4.78 is 0. The first-order valence-electron chi connectivity index (χ1n) is 12.2. The number of nitrogens with two attached hydrogens (primary N) is 1. The highest BCUT2D eigenvalue weighted by Gasteiger charge is 2.27. The third-order valence-electron chi connectivity index (χ3n) is 7.50. The van der Waals surface area contributed by atoms with E-state index in [2.05, 4.69) is 115 Å². The van der Waals surface area contributed by atoms with Crippen molar-refractivity contribution in [2.45, 2.75) is 31.7 Å². The number of hydrogen-bond acceptors (Lipinski definition) is 2. The van der Waals surface area contributed by atoms with Crippen molar-refractivity contribution in [2.75, 3.05) is 6.54 Å². The molecule has 0 spiro atoms. The van der Waals surface area contributed by atoms with Crippen molar-refractivity contribution in [1.82, 2.24) is 4.90 Å². The van der Waals surface area contributed by atoms with E-state index in [0.717, 1.165) is 25.1 Å². The van der Waals surface area contributed by atoms with Crippen LogP contribution in [0.1, 0.15) is 31.2 Å². The maximum absolute atomic E-state index is 6.48. The molecule has 2 bridgehead atoms. The minimum absolute atomic E-state index is 0.320. The summed E-state index contributed by atoms with van der Waals surface area (Å²) in [6, 6.07) is 20.3. The fourth-order valence-corrected chi connectivity index (χ4v) is 5.67. The molecule has 2 N–H and O–H groups in total. The van der Waals surface area contributed by atoms with Crippen LogP contribution in [0.2, 0.25) is 0 Å². The van der Waals surface area contributed by atoms with Crippen LogP contribution in [0.5, 0.6) is 0 Å². The van der Waals surface area contributed by atoms with E-state index in [1.165, 1.54) is 44.0 Å². The van der Waals surface area contributed by atoms with Crippen LogP contribution >= 0.6 is 0 Å². The van der Waals surface area contributed by atoms with Gasteiger partial charge < -0.3 is 10.6 Å². The van der Waals surface area contributed by atoms with Crippen LogP contribution < -0.4 is 5.73 Å². The SMILES string of the molecule is C/C1=C\C=C(\N)CN(C2=CC=CC(c3cc4ccccc4c4ccccc34)C2)C2C=CC=C1C2. The molecular formula is C32H30N2. The highest BCUT2D eigenvalue weighted by molar-refractivity contribution is 6.09. The Morgan fingerprint density at radius 1 is 0.794 bits per heavy atom. The lowest BCUT2D eigenvalue weighted by atomic mass is 9.84. The molecule has 2 atom stereocenters. The van der Waals surface area contributed by atoms with E-state index in [0.29, 0.717) is 12.0 Å². The number of fused-ring (bicyclic) bond motifs is 5. The highest BCUT2D eigenvalue weighted by Crippen LogP contribution is 2.39. The van der Waals surface area contributed by atoms with Gasteiger partial charge in [-0.2, -0.15) is 0 Å². The van der Waals surface area contributed by atoms with Crippen molar-refractivity contribution < 1.29 is 0 Å². The number of rotatable bonds is 2. The standard InChI is InChI=1S/C32H30N2/c1-22-16-17-26(33)21-34(27-11-6-9-23(22)18-27)28-12-7-10-24(19-28)32-20-25-8-2-3-13-29(25)30-14-4-5-15-31(30)32/h2-17,20,24,27H,18-19,21,33H2,1H3/b22-16+,26-17+. The summed E-state index contributed by atoms with van der Waals surface area (Å²) in [6.07, 6.45) is 19.9. The van der Waals surface area contributed by atoms with E-state index in [1.54, 1.807) is 0 Å². The second-order valence-electron chi connectivity index (χ2n) is 9.65. The van der Waals surface area contributed by atoms with Crippen LogP contribution in [0, 0.1) is 0 Å². The number of nitrogens with zero attached hydrogens (tertiary/aromatic N) is 1. The highest BCUT2D eigenvalue weighted by atomic mass is 15.2. The summed E-state index contributed by atoms with van der Waals surface area (Å²) in [6.45, 7) is 2.93. The zero-order valence-corrected chi connectivity index (χ0v) is 19.6. The molecule has 2 heteroatoms. The maximum Gasteiger partial charge on any atom is 0.0577 e. The average molecular weight is 443 g/mol. The fraction of sp³-hybridized carbons (Fsp3) is 0.188. The van der Waals surface area contributed by atoms with E-state index >= 15 is 0 Å². The molecule has 0 aromatic heterocycles. The lowest BCUT2D eigenvalue weighted by molar-refractivity contribution is 0.296. The van der Waals surface area contributed by atoms with Gasteiger partial charge in [0.1, 0.15) is 0 Å². The van der Waals surface area contributed by atoms with Gasteiger partial charge >= 0.3 is 0 Å². The largest absolute Gasteiger partial charge is 0.401 e. The number of benzene rings is 3. The predicted octanol–water partition coefficient (Wildman–Crippen LogP) is 7.28. The molecular weight excluding hydrogens is 412 g/mol. The summed E-state index contributed by atoms with van der Waals surface area (Å²) in [7, 11) is 0. The van der Waals surface area contributed by atoms with Gasteiger partial charge in [-0.25, -0.2) is 0 Å². The van der Waals surface area contributed by atoms with Gasteiger partial charge in [0, 0.05) is 17.3 Å². The molecule has 3 aromatic rings. The molecule has 2 aliphatic carbocycles. The zero-order valence-electron chi connectivity index (χ0n) is 19.6. The van der Waals surface area contributed by atoms with Crippen LogP contribution in [0.4, 0.5) is 0 Å². The molecule has 2 unspecified atom stereocenters. The minimum Gasteiger partial charge on any atom is -0.401 e. The molecule has 6 rings (SSSR count). The Labute approximate surface area is 201 Å². The van der Waals surface area contributed by atoms with Gasteiger partial charge in [0.2, 0.25) is 0 Å². The Bertz CT molecular complexity index is 1460. The Morgan fingerprint density at radius 3 is 2.44 bits per heavy atom. The lowest BCUT2D eigenvalue weighted by Crippen LogP contribution is -2.37. The van der Waals surface area contributed by atoms with E-state index in [4.69, 9.17) is 5.73 Å². The van der Waals surface area contributed by atoms with E-state index in [1.807, 2.05) is 0 Å². The van der Waals surface area contributed by atoms with Crippen molar-refractivity contribution in [3.8, 4) is 0 Å². The minimum atomic E-state index is 0.320. The zero-order chi connectivity index (χ0) is 23.1. The monoisotopic (exact) mass is 442 g/mol. The van der Waals surface area contributed by atoms with Gasteiger partial charge in [-0.15, -0.1) is 0 Å². The van der Waals surface area contributed by atoms with Crippen LogP contribution in [-0.4, -0.2) is 17.5 Å². The third-order valence-corrected chi connectivity index (χ3v) is 7.50. The molecule has 3 aliphatic rings. The quantitative estimate of drug-likeness (QED) is 0.423. The second kappa shape index (κ2) is 8.53. The molecule has 0 saturated carbocycles. The number of hydrogen-bond donors (Lipinski definition) is 1. The molecule has 0 amide bonds. The van der Waals surface area contributed by atoms with Gasteiger partial charge in [-0.1, -0.05) is 85.0 Å². The molecule has 34 heavy (non-hydrogen) atoms. The van der Waals surface area contributed by atoms with E-state index in [-0.39, 0.29) is 0 Å². The Morgan fingerprint density at radius 2 is 1.56 bits per heavy atom. The van der Waals surface area contributed by atoms with Crippen molar-refractivity contribution >= 4 is 21.5 Å². The molecule has 0 saturated heterocycles. The first-order valence-corrected chi connectivity index (χ1v) is 12.2. The van der Waals surface area contributed by atoms with Crippen LogP contribution in [-0.2, 0) is 0 Å². The Kier molecular flexibility index (Phi) is 5.22. The van der Waals surface area contributed by atoms with Crippen molar-refractivity contribution in [3.63, 3.8) is 0 Å². The van der Waals surface area contributed by atoms with Gasteiger partial charge in [0.15, 0.2) is 0 Å². The van der Waals surface area contributed by atoms with Crippen LogP contribution in [0.3, 0.4) is 0 Å². The van der Waals surface area contributed by atoms with Crippen molar-refractivity contribution in [1.29, 1.82) is 0 Å². The van der Waals surface area contributed by atoms with Gasteiger partial charge in [0.25, 0.3) is 0 Å². The third kappa shape index (κ3) is 3.70. The topological polar surface area (TPSA) is 29.3 Å². The van der Waals surface area contributed by atoms with Crippen molar-refractivity contribution in [3.05, 3.63) is 131 Å². The molecule has 0 fully saturated rings. The first-order chi connectivity index (χ1) is 16.7. The Balaban J connectivity index is 1.38. The maximum atomic E-state index is 6.48. The lowest BCUT2D eigenvalue weighted by Gasteiger charge is -2.37. The molecule has 168 valence electrons. The van der Waals surface area contributed by atoms with Gasteiger partial charge in [0.05, 0.1) is 12.6 Å². The molecule has 2 nitrogen and oxygen atoms in total. The Hall–Kier alpha value is -3.78. The molecule has 3 aromatic carbocycles. The van der Waals surface area contributed by atoms with Crippen molar-refractivity contribution in [2.24, 2.45) is 5.73 Å². The van der Waals surface area contributed by atoms with Crippen LogP contribution in [0.15, 0.2) is 126 Å². The average Bonchev–Trinajstić information content (AvgIpc) is 2.93. The normalized spacial score (nSPS) is 25.5. The molecule has 1 heterocycles. The fourth-order valence-electron chi connectivity index (χ4n) is 5.67. The summed E-state index contributed by atoms with van der Waals surface area (Å²) >= 11 is 0. The van der Waals surface area contributed by atoms with Gasteiger partial charge in [-0.05, 0) is 76.2 Å². The first kappa shape index (κ1) is 20.8. The molecule has 1 aliphatic heterocycles. The summed E-state index contributed by atoms with van der Waals surface area (Å²) in [5.41, 5.74) is 12.9. The summed E-state index contributed by atoms with van der Waals surface area (Å²) in [5, 5.41) is 5.32. The summed E-state index contributed by atoms with van der Waals surface area (Å²) in [5.74, 6) is 0.329. The van der Waals surface area contributed by atoms with E-state index in [9.17, 15) is 0 Å². The number of allylic oxidation sites excluding steroid dienone is 9. The smallest absolute Gasteiger partial charge is 0.0577 e. The summed E-state index contributed by atoms with van der Waals surface area (Å²) in [4.78, 5) is 2.52.